The Hall–Kier alpha value is -2.53. The molecule has 21 heavy (non-hydrogen) atoms. The minimum absolute atomic E-state index is 0.802. The molecule has 5 heteroatoms. The first-order valence-electron chi connectivity index (χ1n) is 6.55. The van der Waals surface area contributed by atoms with Gasteiger partial charge >= 0.3 is 0 Å². The van der Waals surface area contributed by atoms with Gasteiger partial charge in [-0.25, -0.2) is 14.6 Å². The van der Waals surface area contributed by atoms with Crippen molar-refractivity contribution in [3.8, 4) is 17.1 Å². The zero-order valence-electron chi connectivity index (χ0n) is 11.3. The lowest BCUT2D eigenvalue weighted by atomic mass is 10.1. The number of pyridine rings is 1. The molecule has 0 aliphatic carbocycles. The molecule has 0 aliphatic heterocycles. The number of fused-ring (bicyclic) bond motifs is 1. The first kappa shape index (κ1) is 12.2. The van der Waals surface area contributed by atoms with Crippen molar-refractivity contribution < 1.29 is 0 Å². The van der Waals surface area contributed by atoms with E-state index in [1.807, 2.05) is 47.4 Å². The van der Waals surface area contributed by atoms with Crippen LogP contribution >= 0.6 is 11.3 Å². The number of nitrogens with zero attached hydrogens (tertiary/aromatic N) is 4. The SMILES string of the molecule is Cc1cccc(-n2n[c]cc2-c2ccc3ncsc3c2)n1. The van der Waals surface area contributed by atoms with Gasteiger partial charge in [0, 0.05) is 11.3 Å². The van der Waals surface area contributed by atoms with E-state index in [4.69, 9.17) is 0 Å². The van der Waals surface area contributed by atoms with E-state index in [0.29, 0.717) is 0 Å². The smallest absolute Gasteiger partial charge is 0.154 e. The fourth-order valence-corrected chi connectivity index (χ4v) is 3.02. The predicted molar refractivity (Wildman–Crippen MR) is 83.5 cm³/mol. The summed E-state index contributed by atoms with van der Waals surface area (Å²) >= 11 is 1.64. The molecule has 0 amide bonds. The summed E-state index contributed by atoms with van der Waals surface area (Å²) in [6.45, 7) is 1.97. The van der Waals surface area contributed by atoms with Crippen LogP contribution in [0, 0.1) is 13.1 Å². The van der Waals surface area contributed by atoms with Crippen LogP contribution in [-0.4, -0.2) is 19.7 Å². The Morgan fingerprint density at radius 1 is 1.19 bits per heavy atom. The van der Waals surface area contributed by atoms with E-state index in [2.05, 4.69) is 33.4 Å². The number of benzene rings is 1. The molecule has 0 spiro atoms. The third-order valence-corrected chi connectivity index (χ3v) is 4.10. The van der Waals surface area contributed by atoms with Gasteiger partial charge in [0.05, 0.1) is 21.4 Å². The van der Waals surface area contributed by atoms with E-state index in [-0.39, 0.29) is 0 Å². The van der Waals surface area contributed by atoms with Crippen LogP contribution in [0.15, 0.2) is 48.0 Å². The van der Waals surface area contributed by atoms with Gasteiger partial charge in [0.15, 0.2) is 5.82 Å². The minimum Gasteiger partial charge on any atom is -0.245 e. The van der Waals surface area contributed by atoms with Gasteiger partial charge in [0.25, 0.3) is 0 Å². The molecule has 0 unspecified atom stereocenters. The van der Waals surface area contributed by atoms with E-state index in [0.717, 1.165) is 33.0 Å². The van der Waals surface area contributed by atoms with Gasteiger partial charge in [0.2, 0.25) is 0 Å². The van der Waals surface area contributed by atoms with Gasteiger partial charge in [-0.1, -0.05) is 12.1 Å². The number of aryl methyl sites for hydroxylation is 1. The van der Waals surface area contributed by atoms with Gasteiger partial charge in [-0.05, 0) is 37.3 Å². The molecule has 4 aromatic rings. The van der Waals surface area contributed by atoms with Crippen molar-refractivity contribution in [1.29, 1.82) is 0 Å². The summed E-state index contributed by atoms with van der Waals surface area (Å²) in [5, 5.41) is 4.29. The molecule has 3 aromatic heterocycles. The van der Waals surface area contributed by atoms with Crippen molar-refractivity contribution in [1.82, 2.24) is 19.7 Å². The second-order valence-electron chi connectivity index (χ2n) is 4.74. The topological polar surface area (TPSA) is 43.6 Å². The maximum Gasteiger partial charge on any atom is 0.154 e. The lowest BCUT2D eigenvalue weighted by Crippen LogP contribution is -2.02. The van der Waals surface area contributed by atoms with Crippen LogP contribution in [-0.2, 0) is 0 Å². The zero-order valence-corrected chi connectivity index (χ0v) is 12.1. The number of aromatic nitrogens is 4. The molecule has 101 valence electrons. The Labute approximate surface area is 125 Å². The fourth-order valence-electron chi connectivity index (χ4n) is 2.30. The van der Waals surface area contributed by atoms with Crippen molar-refractivity contribution in [2.75, 3.05) is 0 Å². The van der Waals surface area contributed by atoms with Crippen molar-refractivity contribution in [2.24, 2.45) is 0 Å². The van der Waals surface area contributed by atoms with Crippen LogP contribution in [0.1, 0.15) is 5.69 Å². The Bertz CT molecular complexity index is 923. The van der Waals surface area contributed by atoms with E-state index in [9.17, 15) is 0 Å². The molecule has 0 atom stereocenters. The molecular weight excluding hydrogens is 280 g/mol. The third-order valence-electron chi connectivity index (χ3n) is 3.30. The first-order valence-corrected chi connectivity index (χ1v) is 7.43. The molecule has 4 nitrogen and oxygen atoms in total. The summed E-state index contributed by atoms with van der Waals surface area (Å²) in [5.41, 5.74) is 5.91. The van der Waals surface area contributed by atoms with Crippen molar-refractivity contribution >= 4 is 21.6 Å². The Morgan fingerprint density at radius 3 is 3.05 bits per heavy atom. The summed E-state index contributed by atoms with van der Waals surface area (Å²) in [5.74, 6) is 0.802. The number of hydrogen-bond acceptors (Lipinski definition) is 4. The zero-order chi connectivity index (χ0) is 14.2. The third kappa shape index (κ3) is 2.11. The largest absolute Gasteiger partial charge is 0.245 e. The molecule has 0 fully saturated rings. The minimum atomic E-state index is 0.802. The molecule has 1 radical (unpaired) electrons. The normalized spacial score (nSPS) is 11.1. The van der Waals surface area contributed by atoms with Crippen LogP contribution in [0.4, 0.5) is 0 Å². The van der Waals surface area contributed by atoms with Crippen LogP contribution in [0.3, 0.4) is 0 Å². The average molecular weight is 291 g/mol. The predicted octanol–water partition coefficient (Wildman–Crippen LogP) is 3.65. The molecule has 0 saturated carbocycles. The van der Waals surface area contributed by atoms with Crippen LogP contribution in [0.25, 0.3) is 27.3 Å². The summed E-state index contributed by atoms with van der Waals surface area (Å²) in [4.78, 5) is 8.83. The Balaban J connectivity index is 1.88. The lowest BCUT2D eigenvalue weighted by Gasteiger charge is -2.07. The van der Waals surface area contributed by atoms with Crippen molar-refractivity contribution in [3.05, 3.63) is 59.9 Å². The van der Waals surface area contributed by atoms with Crippen molar-refractivity contribution in [2.45, 2.75) is 6.92 Å². The van der Waals surface area contributed by atoms with Gasteiger partial charge < -0.3 is 0 Å². The number of hydrogen-bond donors (Lipinski definition) is 0. The lowest BCUT2D eigenvalue weighted by molar-refractivity contribution is 0.845. The standard InChI is InChI=1S/C16H11N4S/c1-11-3-2-4-16(19-11)20-14(7-8-18-20)12-5-6-13-15(9-12)21-10-17-13/h2-7,9-10H,1H3. The van der Waals surface area contributed by atoms with E-state index in [1.54, 1.807) is 11.3 Å². The molecule has 4 rings (SSSR count). The molecular formula is C16H11N4S. The second kappa shape index (κ2) is 4.79. The summed E-state index contributed by atoms with van der Waals surface area (Å²) in [7, 11) is 0. The first-order chi connectivity index (χ1) is 10.3. The highest BCUT2D eigenvalue weighted by Crippen LogP contribution is 2.27. The van der Waals surface area contributed by atoms with Gasteiger partial charge in [-0.15, -0.1) is 11.3 Å². The monoisotopic (exact) mass is 291 g/mol. The quantitative estimate of drug-likeness (QED) is 0.566. The highest BCUT2D eigenvalue weighted by atomic mass is 32.1. The second-order valence-corrected chi connectivity index (χ2v) is 5.63. The molecule has 0 bridgehead atoms. The summed E-state index contributed by atoms with van der Waals surface area (Å²) in [6, 6.07) is 14.0. The average Bonchev–Trinajstić information content (AvgIpc) is 3.15. The Kier molecular flexibility index (Phi) is 2.79. The highest BCUT2D eigenvalue weighted by Gasteiger charge is 2.10. The van der Waals surface area contributed by atoms with E-state index in [1.165, 1.54) is 0 Å². The van der Waals surface area contributed by atoms with E-state index >= 15 is 0 Å². The summed E-state index contributed by atoms with van der Waals surface area (Å²) in [6.07, 6.45) is 2.92. The molecule has 0 aliphatic rings. The Morgan fingerprint density at radius 2 is 2.14 bits per heavy atom. The molecule has 0 N–H and O–H groups in total. The molecule has 0 saturated heterocycles. The van der Waals surface area contributed by atoms with Gasteiger partial charge in [0.1, 0.15) is 6.20 Å². The van der Waals surface area contributed by atoms with Gasteiger partial charge in [-0.3, -0.25) is 0 Å². The maximum absolute atomic E-state index is 4.52. The summed E-state index contributed by atoms with van der Waals surface area (Å²) < 4.78 is 2.98. The molecule has 3 heterocycles. The van der Waals surface area contributed by atoms with Crippen LogP contribution < -0.4 is 0 Å². The number of thiazole rings is 1. The van der Waals surface area contributed by atoms with Gasteiger partial charge in [-0.2, -0.15) is 5.10 Å². The van der Waals surface area contributed by atoms with Crippen molar-refractivity contribution in [3.63, 3.8) is 0 Å². The van der Waals surface area contributed by atoms with E-state index < -0.39 is 0 Å². The maximum atomic E-state index is 4.52. The van der Waals surface area contributed by atoms with Crippen LogP contribution in [0.5, 0.6) is 0 Å². The fraction of sp³-hybridized carbons (Fsp3) is 0.0625. The molecule has 1 aromatic carbocycles. The van der Waals surface area contributed by atoms with Crippen LogP contribution in [0.2, 0.25) is 0 Å². The highest BCUT2D eigenvalue weighted by molar-refractivity contribution is 7.16. The number of rotatable bonds is 2.